The lowest BCUT2D eigenvalue weighted by atomic mass is 10.2. The molecule has 1 aromatic heterocycles. The molecule has 3 aromatic rings. The van der Waals surface area contributed by atoms with Crippen molar-refractivity contribution in [2.24, 2.45) is 0 Å². The van der Waals surface area contributed by atoms with Crippen molar-refractivity contribution in [3.05, 3.63) is 69.4 Å². The van der Waals surface area contributed by atoms with Crippen molar-refractivity contribution in [1.29, 1.82) is 0 Å². The number of carbonyl (C=O) groups is 1. The number of hydrogen-bond donors (Lipinski definition) is 2. The molecule has 0 saturated heterocycles. The van der Waals surface area contributed by atoms with Gasteiger partial charge in [0.15, 0.2) is 5.76 Å². The standard InChI is InChI=1S/C17H11Cl3N2O2/c18-9-1-3-12(20)11(7-9)15-5-6-16(24-15)17(23)22-14-4-2-10(19)8-13(14)21/h1-8H,21H2,(H,22,23). The average molecular weight is 382 g/mol. The molecule has 0 aliphatic heterocycles. The maximum atomic E-state index is 12.3. The van der Waals surface area contributed by atoms with E-state index in [4.69, 9.17) is 45.0 Å². The van der Waals surface area contributed by atoms with Crippen LogP contribution in [0.1, 0.15) is 10.6 Å². The van der Waals surface area contributed by atoms with Crippen molar-refractivity contribution >= 4 is 52.1 Å². The van der Waals surface area contributed by atoms with Crippen LogP contribution in [0.25, 0.3) is 11.3 Å². The van der Waals surface area contributed by atoms with Crippen LogP contribution < -0.4 is 11.1 Å². The summed E-state index contributed by atoms with van der Waals surface area (Å²) in [7, 11) is 0. The highest BCUT2D eigenvalue weighted by Gasteiger charge is 2.15. The Morgan fingerprint density at radius 3 is 2.42 bits per heavy atom. The van der Waals surface area contributed by atoms with E-state index < -0.39 is 5.91 Å². The first kappa shape index (κ1) is 16.7. The maximum absolute atomic E-state index is 12.3. The van der Waals surface area contributed by atoms with E-state index >= 15 is 0 Å². The Morgan fingerprint density at radius 1 is 0.958 bits per heavy atom. The molecule has 3 N–H and O–H groups in total. The van der Waals surface area contributed by atoms with Crippen LogP contribution in [0.3, 0.4) is 0 Å². The second-order valence-corrected chi connectivity index (χ2v) is 6.25. The van der Waals surface area contributed by atoms with E-state index in [0.29, 0.717) is 37.8 Å². The molecule has 0 aliphatic rings. The normalized spacial score (nSPS) is 10.6. The highest BCUT2D eigenvalue weighted by Crippen LogP contribution is 2.32. The van der Waals surface area contributed by atoms with Gasteiger partial charge in [-0.2, -0.15) is 0 Å². The van der Waals surface area contributed by atoms with Gasteiger partial charge in [0.05, 0.1) is 16.4 Å². The van der Waals surface area contributed by atoms with E-state index in [1.54, 1.807) is 48.5 Å². The van der Waals surface area contributed by atoms with Gasteiger partial charge in [-0.05, 0) is 48.5 Å². The summed E-state index contributed by atoms with van der Waals surface area (Å²) in [4.78, 5) is 12.3. The topological polar surface area (TPSA) is 68.3 Å². The Hall–Kier alpha value is -2.14. The van der Waals surface area contributed by atoms with E-state index in [2.05, 4.69) is 5.32 Å². The van der Waals surface area contributed by atoms with Crippen molar-refractivity contribution in [3.8, 4) is 11.3 Å². The predicted octanol–water partition coefficient (Wildman–Crippen LogP) is 5.74. The number of anilines is 2. The Balaban J connectivity index is 1.85. The van der Waals surface area contributed by atoms with Gasteiger partial charge < -0.3 is 15.5 Å². The molecule has 4 nitrogen and oxygen atoms in total. The van der Waals surface area contributed by atoms with E-state index in [0.717, 1.165) is 0 Å². The number of hydrogen-bond acceptors (Lipinski definition) is 3. The second kappa shape index (κ2) is 6.77. The molecule has 0 aliphatic carbocycles. The SMILES string of the molecule is Nc1cc(Cl)ccc1NC(=O)c1ccc(-c2cc(Cl)ccc2Cl)o1. The summed E-state index contributed by atoms with van der Waals surface area (Å²) in [5.41, 5.74) is 7.23. The van der Waals surface area contributed by atoms with Gasteiger partial charge in [-0.1, -0.05) is 34.8 Å². The maximum Gasteiger partial charge on any atom is 0.291 e. The molecule has 1 amide bonds. The Kier molecular flexibility index (Phi) is 4.71. The second-order valence-electron chi connectivity index (χ2n) is 4.97. The van der Waals surface area contributed by atoms with Crippen LogP contribution in [0.4, 0.5) is 11.4 Å². The van der Waals surface area contributed by atoms with Crippen molar-refractivity contribution in [2.75, 3.05) is 11.1 Å². The lowest BCUT2D eigenvalue weighted by Gasteiger charge is -2.07. The molecule has 0 bridgehead atoms. The van der Waals surface area contributed by atoms with Crippen LogP contribution in [0.15, 0.2) is 52.9 Å². The summed E-state index contributed by atoms with van der Waals surface area (Å²) >= 11 is 17.9. The molecule has 7 heteroatoms. The number of halogens is 3. The zero-order valence-corrected chi connectivity index (χ0v) is 14.4. The third-order valence-corrected chi connectivity index (χ3v) is 4.09. The zero-order chi connectivity index (χ0) is 17.3. The Bertz CT molecular complexity index is 922. The Labute approximate surface area is 153 Å². The fourth-order valence-corrected chi connectivity index (χ4v) is 2.69. The minimum absolute atomic E-state index is 0.121. The van der Waals surface area contributed by atoms with E-state index in [9.17, 15) is 4.79 Å². The number of rotatable bonds is 3. The van der Waals surface area contributed by atoms with E-state index in [-0.39, 0.29) is 5.76 Å². The van der Waals surface area contributed by atoms with Crippen molar-refractivity contribution in [1.82, 2.24) is 0 Å². The fourth-order valence-electron chi connectivity index (χ4n) is 2.12. The summed E-state index contributed by atoms with van der Waals surface area (Å²) in [5, 5.41) is 4.15. The Morgan fingerprint density at radius 2 is 1.67 bits per heavy atom. The van der Waals surface area contributed by atoms with Crippen molar-refractivity contribution < 1.29 is 9.21 Å². The monoisotopic (exact) mass is 380 g/mol. The number of nitrogens with one attached hydrogen (secondary N) is 1. The summed E-state index contributed by atoms with van der Waals surface area (Å²) in [5.74, 6) is 0.126. The number of nitrogens with two attached hydrogens (primary N) is 1. The number of amides is 1. The van der Waals surface area contributed by atoms with Gasteiger partial charge in [0.25, 0.3) is 5.91 Å². The van der Waals surface area contributed by atoms with Crippen LogP contribution >= 0.6 is 34.8 Å². The quantitative estimate of drug-likeness (QED) is 0.568. The minimum atomic E-state index is -0.437. The van der Waals surface area contributed by atoms with Gasteiger partial charge >= 0.3 is 0 Å². The minimum Gasteiger partial charge on any atom is -0.451 e. The van der Waals surface area contributed by atoms with Gasteiger partial charge in [0, 0.05) is 15.6 Å². The average Bonchev–Trinajstić information content (AvgIpc) is 3.02. The molecule has 3 rings (SSSR count). The number of benzene rings is 2. The third-order valence-electron chi connectivity index (χ3n) is 3.29. The lowest BCUT2D eigenvalue weighted by Crippen LogP contribution is -2.12. The largest absolute Gasteiger partial charge is 0.451 e. The summed E-state index contributed by atoms with van der Waals surface area (Å²) in [6, 6.07) is 13.0. The van der Waals surface area contributed by atoms with Crippen LogP contribution in [-0.2, 0) is 0 Å². The predicted molar refractivity (Wildman–Crippen MR) is 98.0 cm³/mol. The molecule has 24 heavy (non-hydrogen) atoms. The van der Waals surface area contributed by atoms with Crippen molar-refractivity contribution in [2.45, 2.75) is 0 Å². The first-order valence-corrected chi connectivity index (χ1v) is 7.99. The van der Waals surface area contributed by atoms with Crippen LogP contribution in [0.5, 0.6) is 0 Å². The number of furan rings is 1. The summed E-state index contributed by atoms with van der Waals surface area (Å²) < 4.78 is 5.58. The molecule has 0 unspecified atom stereocenters. The third kappa shape index (κ3) is 3.51. The molecule has 0 saturated carbocycles. The van der Waals surface area contributed by atoms with Crippen LogP contribution in [-0.4, -0.2) is 5.91 Å². The summed E-state index contributed by atoms with van der Waals surface area (Å²) in [6.45, 7) is 0. The van der Waals surface area contributed by atoms with Crippen molar-refractivity contribution in [3.63, 3.8) is 0 Å². The van der Waals surface area contributed by atoms with E-state index in [1.165, 1.54) is 0 Å². The number of nitrogen functional groups attached to an aromatic ring is 1. The van der Waals surface area contributed by atoms with Gasteiger partial charge in [-0.25, -0.2) is 0 Å². The van der Waals surface area contributed by atoms with Gasteiger partial charge in [0.1, 0.15) is 5.76 Å². The molecule has 0 atom stereocenters. The first-order valence-electron chi connectivity index (χ1n) is 6.85. The number of carbonyl (C=O) groups excluding carboxylic acids is 1. The highest BCUT2D eigenvalue weighted by atomic mass is 35.5. The van der Waals surface area contributed by atoms with Crippen LogP contribution in [0.2, 0.25) is 15.1 Å². The van der Waals surface area contributed by atoms with E-state index in [1.807, 2.05) is 0 Å². The fraction of sp³-hybridized carbons (Fsp3) is 0. The molecule has 0 radical (unpaired) electrons. The van der Waals surface area contributed by atoms with Gasteiger partial charge in [-0.15, -0.1) is 0 Å². The lowest BCUT2D eigenvalue weighted by molar-refractivity contribution is 0.0997. The first-order chi connectivity index (χ1) is 11.4. The molecule has 122 valence electrons. The zero-order valence-electron chi connectivity index (χ0n) is 12.1. The highest BCUT2D eigenvalue weighted by molar-refractivity contribution is 6.35. The molecular weight excluding hydrogens is 371 g/mol. The molecule has 0 spiro atoms. The summed E-state index contributed by atoms with van der Waals surface area (Å²) in [6.07, 6.45) is 0. The smallest absolute Gasteiger partial charge is 0.291 e. The molecule has 1 heterocycles. The van der Waals surface area contributed by atoms with Gasteiger partial charge in [-0.3, -0.25) is 4.79 Å². The molecule has 2 aromatic carbocycles. The van der Waals surface area contributed by atoms with Crippen LogP contribution in [0, 0.1) is 0 Å². The molecular formula is C17H11Cl3N2O2. The van der Waals surface area contributed by atoms with Gasteiger partial charge in [0.2, 0.25) is 0 Å². The molecule has 0 fully saturated rings.